The molecule has 0 bridgehead atoms. The van der Waals surface area contributed by atoms with Crippen molar-refractivity contribution in [3.63, 3.8) is 0 Å². The Labute approximate surface area is 306 Å². The molecule has 47 heavy (non-hydrogen) atoms. The Kier molecular flexibility index (Phi) is 15.0. The third kappa shape index (κ3) is 10.1. The van der Waals surface area contributed by atoms with Crippen LogP contribution in [0, 0.1) is 27.7 Å². The summed E-state index contributed by atoms with van der Waals surface area (Å²) in [6.07, 6.45) is 0. The van der Waals surface area contributed by atoms with Crippen LogP contribution in [0.1, 0.15) is 73.9 Å². The molecule has 6 aromatic rings. The zero-order valence-electron chi connectivity index (χ0n) is 30.1. The Morgan fingerprint density at radius 1 is 0.681 bits per heavy atom. The monoisotopic (exact) mass is 754 g/mol. The summed E-state index contributed by atoms with van der Waals surface area (Å²) in [6.45, 7) is 24.4. The zero-order chi connectivity index (χ0) is 34.9. The summed E-state index contributed by atoms with van der Waals surface area (Å²) in [6, 6.07) is 36.0. The summed E-state index contributed by atoms with van der Waals surface area (Å²) in [7, 11) is 11.0. The SMILES string of the molecule is CC(C)c1cc2c(-c3ccc(C(C)(C)C)cc3)cccc2[cH-]1.C[Si]C.Cc1cc2c(-c3cccc(C)c3C)ccc(C)c2[cH-]1.[Cl][Zr+2][Cl]. The van der Waals surface area contributed by atoms with Gasteiger partial charge in [0.25, 0.3) is 0 Å². The minimum atomic E-state index is -0.826. The van der Waals surface area contributed by atoms with Crippen molar-refractivity contribution in [2.45, 2.75) is 86.7 Å². The van der Waals surface area contributed by atoms with Gasteiger partial charge in [0, 0.05) is 9.52 Å². The molecule has 0 aliphatic heterocycles. The maximum absolute atomic E-state index is 4.93. The Morgan fingerprint density at radius 2 is 1.28 bits per heavy atom. The van der Waals surface area contributed by atoms with Gasteiger partial charge in [-0.25, -0.2) is 0 Å². The second-order valence-electron chi connectivity index (χ2n) is 13.7. The standard InChI is InChI=1S/C22H25.C19H19.C2H6Si.2ClH.Zr/c1-15(2)18-13-17-7-6-8-20(21(17)14-18)16-9-11-19(12-10-16)22(3,4)5;1-12-10-18-14(3)8-9-17(19(18)11-12)16-7-5-6-13(2)15(16)4;1-3-2;;;/h6-15H,1-5H3;5-11H,1-4H3;1-2H3;2*1H;/q2*-1;;;;+4/p-2. The van der Waals surface area contributed by atoms with E-state index in [2.05, 4.69) is 172 Å². The Hall–Kier alpha value is -2.22. The molecule has 0 aromatic heterocycles. The van der Waals surface area contributed by atoms with E-state index in [1.54, 1.807) is 0 Å². The molecule has 0 saturated carbocycles. The van der Waals surface area contributed by atoms with E-state index in [1.807, 2.05) is 0 Å². The molecule has 0 aliphatic carbocycles. The van der Waals surface area contributed by atoms with Gasteiger partial charge in [-0.2, -0.15) is 12.1 Å². The second-order valence-corrected chi connectivity index (χ2v) is 18.4. The molecule has 0 aliphatic rings. The van der Waals surface area contributed by atoms with Gasteiger partial charge in [-0.05, 0) is 53.0 Å². The Bertz CT molecular complexity index is 1860. The van der Waals surface area contributed by atoms with Gasteiger partial charge in [0.2, 0.25) is 0 Å². The molecule has 0 fully saturated rings. The molecule has 0 nitrogen and oxygen atoms in total. The van der Waals surface area contributed by atoms with Crippen LogP contribution in [-0.4, -0.2) is 9.52 Å². The van der Waals surface area contributed by atoms with Gasteiger partial charge in [0.05, 0.1) is 0 Å². The Morgan fingerprint density at radius 3 is 1.87 bits per heavy atom. The molecule has 0 N–H and O–H groups in total. The number of hydrogen-bond acceptors (Lipinski definition) is 0. The number of fused-ring (bicyclic) bond motifs is 2. The van der Waals surface area contributed by atoms with E-state index in [0.717, 1.165) is 9.52 Å². The minimum absolute atomic E-state index is 0.204. The molecular formula is C43H50Cl2SiZr. The van der Waals surface area contributed by atoms with Gasteiger partial charge in [-0.3, -0.25) is 0 Å². The molecule has 244 valence electrons. The van der Waals surface area contributed by atoms with E-state index in [0.29, 0.717) is 5.92 Å². The van der Waals surface area contributed by atoms with Crippen LogP contribution in [0.4, 0.5) is 0 Å². The van der Waals surface area contributed by atoms with E-state index in [4.69, 9.17) is 17.0 Å². The quantitative estimate of drug-likeness (QED) is 0.125. The molecule has 0 atom stereocenters. The summed E-state index contributed by atoms with van der Waals surface area (Å²) >= 11 is -0.826. The molecule has 0 amide bonds. The van der Waals surface area contributed by atoms with Crippen molar-refractivity contribution in [2.24, 2.45) is 0 Å². The summed E-state index contributed by atoms with van der Waals surface area (Å²) in [5.41, 5.74) is 13.8. The first-order valence-corrected chi connectivity index (χ1v) is 24.7. The van der Waals surface area contributed by atoms with E-state index < -0.39 is 20.8 Å². The van der Waals surface area contributed by atoms with Gasteiger partial charge in [0.1, 0.15) is 0 Å². The normalized spacial score (nSPS) is 10.9. The third-order valence-electron chi connectivity index (χ3n) is 8.65. The molecular weight excluding hydrogens is 707 g/mol. The van der Waals surface area contributed by atoms with Crippen molar-refractivity contribution < 1.29 is 20.8 Å². The number of hydrogen-bond donors (Lipinski definition) is 0. The van der Waals surface area contributed by atoms with Crippen LogP contribution in [0.5, 0.6) is 0 Å². The van der Waals surface area contributed by atoms with E-state index in [9.17, 15) is 0 Å². The fourth-order valence-corrected chi connectivity index (χ4v) is 5.86. The molecule has 6 rings (SSSR count). The first-order chi connectivity index (χ1) is 22.3. The van der Waals surface area contributed by atoms with Gasteiger partial charge in [-0.15, -0.1) is 68.6 Å². The average molecular weight is 757 g/mol. The molecule has 0 spiro atoms. The predicted molar refractivity (Wildman–Crippen MR) is 211 cm³/mol. The third-order valence-corrected chi connectivity index (χ3v) is 8.65. The van der Waals surface area contributed by atoms with Crippen LogP contribution >= 0.6 is 17.0 Å². The summed E-state index contributed by atoms with van der Waals surface area (Å²) in [5.74, 6) is 0.573. The molecule has 0 saturated heterocycles. The zero-order valence-corrected chi connectivity index (χ0v) is 35.0. The van der Waals surface area contributed by atoms with E-state index in [-0.39, 0.29) is 5.41 Å². The van der Waals surface area contributed by atoms with Gasteiger partial charge < -0.3 is 0 Å². The molecule has 4 heteroatoms. The number of benzene rings is 4. The summed E-state index contributed by atoms with van der Waals surface area (Å²) in [4.78, 5) is 0. The average Bonchev–Trinajstić information content (AvgIpc) is 3.64. The van der Waals surface area contributed by atoms with Gasteiger partial charge in [-0.1, -0.05) is 127 Å². The number of aryl methyl sites for hydroxylation is 3. The van der Waals surface area contributed by atoms with E-state index >= 15 is 0 Å². The fraction of sp³-hybridized carbons (Fsp3) is 0.302. The molecule has 2 radical (unpaired) electrons. The van der Waals surface area contributed by atoms with Crippen LogP contribution in [-0.2, 0) is 26.3 Å². The Balaban J connectivity index is 0.000000221. The maximum atomic E-state index is 4.93. The second kappa shape index (κ2) is 18.0. The van der Waals surface area contributed by atoms with Gasteiger partial charge >= 0.3 is 37.9 Å². The van der Waals surface area contributed by atoms with Crippen molar-refractivity contribution in [3.05, 3.63) is 130 Å². The van der Waals surface area contributed by atoms with Crippen molar-refractivity contribution in [1.29, 1.82) is 0 Å². The summed E-state index contributed by atoms with van der Waals surface area (Å²) in [5, 5.41) is 5.48. The number of halogens is 2. The topological polar surface area (TPSA) is 0 Å². The predicted octanol–water partition coefficient (Wildman–Crippen LogP) is 14.3. The van der Waals surface area contributed by atoms with Gasteiger partial charge in [0.15, 0.2) is 0 Å². The van der Waals surface area contributed by atoms with Crippen molar-refractivity contribution in [1.82, 2.24) is 0 Å². The first kappa shape index (κ1) is 39.2. The van der Waals surface area contributed by atoms with E-state index in [1.165, 1.54) is 77.2 Å². The fourth-order valence-electron chi connectivity index (χ4n) is 5.86. The van der Waals surface area contributed by atoms with Crippen LogP contribution in [0.25, 0.3) is 43.8 Å². The van der Waals surface area contributed by atoms with Crippen molar-refractivity contribution in [2.75, 3.05) is 0 Å². The van der Waals surface area contributed by atoms with Crippen LogP contribution in [0.15, 0.2) is 97.1 Å². The van der Waals surface area contributed by atoms with Crippen LogP contribution in [0.3, 0.4) is 0 Å². The first-order valence-electron chi connectivity index (χ1n) is 16.4. The van der Waals surface area contributed by atoms with Crippen LogP contribution < -0.4 is 0 Å². The van der Waals surface area contributed by atoms with Crippen molar-refractivity contribution in [3.8, 4) is 22.3 Å². The molecule has 0 unspecified atom stereocenters. The number of rotatable bonds is 3. The van der Waals surface area contributed by atoms with Crippen molar-refractivity contribution >= 4 is 48.1 Å². The molecule has 6 aromatic carbocycles. The van der Waals surface area contributed by atoms with Crippen LogP contribution in [0.2, 0.25) is 13.1 Å². The molecule has 0 heterocycles. The summed E-state index contributed by atoms with van der Waals surface area (Å²) < 4.78 is 0.